The maximum atomic E-state index is 11.2. The fourth-order valence-electron chi connectivity index (χ4n) is 2.04. The van der Waals surface area contributed by atoms with Crippen LogP contribution < -0.4 is 5.32 Å². The number of amides is 1. The van der Waals surface area contributed by atoms with Gasteiger partial charge in [-0.15, -0.1) is 0 Å². The third-order valence-electron chi connectivity index (χ3n) is 3.66. The number of nitrogens with zero attached hydrogens (tertiary/aromatic N) is 1. The molecule has 2 fully saturated rings. The summed E-state index contributed by atoms with van der Waals surface area (Å²) in [6, 6.07) is 0.568. The Morgan fingerprint density at radius 2 is 2.23 bits per heavy atom. The molecule has 0 radical (unpaired) electrons. The molecule has 1 aliphatic carbocycles. The topological polar surface area (TPSA) is 32.3 Å². The number of rotatable bonds is 2. The molecule has 2 rings (SSSR count). The lowest BCUT2D eigenvalue weighted by molar-refractivity contribution is -0.125. The van der Waals surface area contributed by atoms with Crippen LogP contribution in [-0.2, 0) is 4.79 Å². The Morgan fingerprint density at radius 3 is 2.77 bits per heavy atom. The van der Waals surface area contributed by atoms with Crippen LogP contribution >= 0.6 is 0 Å². The Balaban J connectivity index is 1.95. The van der Waals surface area contributed by atoms with Crippen molar-refractivity contribution in [1.82, 2.24) is 10.2 Å². The summed E-state index contributed by atoms with van der Waals surface area (Å²) in [6.45, 7) is 7.01. The van der Waals surface area contributed by atoms with E-state index in [0.29, 0.717) is 18.0 Å². The van der Waals surface area contributed by atoms with Gasteiger partial charge in [-0.1, -0.05) is 6.92 Å². The lowest BCUT2D eigenvalue weighted by Gasteiger charge is -2.35. The highest BCUT2D eigenvalue weighted by Gasteiger charge is 2.45. The summed E-state index contributed by atoms with van der Waals surface area (Å²) in [7, 11) is 0. The van der Waals surface area contributed by atoms with Crippen molar-refractivity contribution in [2.45, 2.75) is 32.7 Å². The summed E-state index contributed by atoms with van der Waals surface area (Å²) in [5.74, 6) is 0.183. The minimum atomic E-state index is 0.183. The Kier molecular flexibility index (Phi) is 2.06. The van der Waals surface area contributed by atoms with Crippen molar-refractivity contribution in [3.8, 4) is 0 Å². The SMILES string of the molecule is CC(N1CCNC(=O)C1)C1(C)CC1. The predicted molar refractivity (Wildman–Crippen MR) is 51.4 cm³/mol. The van der Waals surface area contributed by atoms with Gasteiger partial charge in [0.15, 0.2) is 0 Å². The van der Waals surface area contributed by atoms with Crippen molar-refractivity contribution in [3.05, 3.63) is 0 Å². The van der Waals surface area contributed by atoms with Crippen molar-refractivity contribution < 1.29 is 4.79 Å². The van der Waals surface area contributed by atoms with Crippen molar-refractivity contribution >= 4 is 5.91 Å². The highest BCUT2D eigenvalue weighted by molar-refractivity contribution is 5.78. The molecule has 74 valence electrons. The van der Waals surface area contributed by atoms with Crippen LogP contribution in [0.25, 0.3) is 0 Å². The Morgan fingerprint density at radius 1 is 1.54 bits per heavy atom. The largest absolute Gasteiger partial charge is 0.354 e. The molecule has 0 spiro atoms. The average Bonchev–Trinajstić information content (AvgIpc) is 2.84. The molecule has 1 unspecified atom stereocenters. The summed E-state index contributed by atoms with van der Waals surface area (Å²) >= 11 is 0. The number of carbonyl (C=O) groups excluding carboxylic acids is 1. The van der Waals surface area contributed by atoms with Crippen LogP contribution in [0.4, 0.5) is 0 Å². The van der Waals surface area contributed by atoms with Gasteiger partial charge in [-0.2, -0.15) is 0 Å². The van der Waals surface area contributed by atoms with Gasteiger partial charge in [-0.3, -0.25) is 9.69 Å². The maximum absolute atomic E-state index is 11.2. The van der Waals surface area contributed by atoms with Gasteiger partial charge in [-0.05, 0) is 25.2 Å². The first-order valence-corrected chi connectivity index (χ1v) is 5.13. The highest BCUT2D eigenvalue weighted by atomic mass is 16.2. The second-order valence-corrected chi connectivity index (χ2v) is 4.65. The van der Waals surface area contributed by atoms with Crippen molar-refractivity contribution in [1.29, 1.82) is 0 Å². The Labute approximate surface area is 79.5 Å². The average molecular weight is 182 g/mol. The molecule has 0 aromatic carbocycles. The van der Waals surface area contributed by atoms with E-state index in [1.807, 2.05) is 0 Å². The second-order valence-electron chi connectivity index (χ2n) is 4.65. The summed E-state index contributed by atoms with van der Waals surface area (Å²) in [4.78, 5) is 13.5. The summed E-state index contributed by atoms with van der Waals surface area (Å²) < 4.78 is 0. The van der Waals surface area contributed by atoms with Crippen molar-refractivity contribution in [2.75, 3.05) is 19.6 Å². The smallest absolute Gasteiger partial charge is 0.234 e. The second kappa shape index (κ2) is 2.98. The first-order chi connectivity index (χ1) is 6.12. The summed E-state index contributed by atoms with van der Waals surface area (Å²) in [5, 5.41) is 2.86. The molecule has 3 heteroatoms. The Hall–Kier alpha value is -0.570. The van der Waals surface area contributed by atoms with E-state index in [1.54, 1.807) is 0 Å². The number of hydrogen-bond donors (Lipinski definition) is 1. The molecular weight excluding hydrogens is 164 g/mol. The summed E-state index contributed by atoms with van der Waals surface area (Å²) in [6.07, 6.45) is 2.65. The third-order valence-corrected chi connectivity index (χ3v) is 3.66. The first kappa shape index (κ1) is 9.00. The highest BCUT2D eigenvalue weighted by Crippen LogP contribution is 2.49. The lowest BCUT2D eigenvalue weighted by Crippen LogP contribution is -2.52. The molecule has 1 aliphatic heterocycles. The molecule has 1 atom stereocenters. The van der Waals surface area contributed by atoms with Gasteiger partial charge in [0, 0.05) is 19.1 Å². The van der Waals surface area contributed by atoms with Gasteiger partial charge in [0.25, 0.3) is 0 Å². The molecule has 0 aromatic rings. The van der Waals surface area contributed by atoms with Gasteiger partial charge in [0.2, 0.25) is 5.91 Å². The zero-order valence-corrected chi connectivity index (χ0v) is 8.47. The van der Waals surface area contributed by atoms with Gasteiger partial charge in [-0.25, -0.2) is 0 Å². The van der Waals surface area contributed by atoms with Gasteiger partial charge < -0.3 is 5.32 Å². The fraction of sp³-hybridized carbons (Fsp3) is 0.900. The van der Waals surface area contributed by atoms with Crippen LogP contribution in [0, 0.1) is 5.41 Å². The van der Waals surface area contributed by atoms with Crippen LogP contribution in [0.15, 0.2) is 0 Å². The van der Waals surface area contributed by atoms with E-state index in [-0.39, 0.29) is 5.91 Å². The minimum absolute atomic E-state index is 0.183. The number of piperazine rings is 1. The Bertz CT molecular complexity index is 223. The van der Waals surface area contributed by atoms with E-state index >= 15 is 0 Å². The molecule has 0 aromatic heterocycles. The van der Waals surface area contributed by atoms with Gasteiger partial charge in [0.05, 0.1) is 6.54 Å². The number of hydrogen-bond acceptors (Lipinski definition) is 2. The first-order valence-electron chi connectivity index (χ1n) is 5.13. The molecule has 3 nitrogen and oxygen atoms in total. The number of carbonyl (C=O) groups is 1. The van der Waals surface area contributed by atoms with E-state index < -0.39 is 0 Å². The zero-order valence-electron chi connectivity index (χ0n) is 8.47. The van der Waals surface area contributed by atoms with Crippen LogP contribution in [0.2, 0.25) is 0 Å². The zero-order chi connectivity index (χ0) is 9.47. The molecule has 1 saturated carbocycles. The molecule has 2 aliphatic rings. The van der Waals surface area contributed by atoms with E-state index in [4.69, 9.17) is 0 Å². The van der Waals surface area contributed by atoms with E-state index in [1.165, 1.54) is 12.8 Å². The number of nitrogens with one attached hydrogen (secondary N) is 1. The predicted octanol–water partition coefficient (Wildman–Crippen LogP) is 0.607. The summed E-state index contributed by atoms with van der Waals surface area (Å²) in [5.41, 5.74) is 0.498. The van der Waals surface area contributed by atoms with Crippen LogP contribution in [0.3, 0.4) is 0 Å². The maximum Gasteiger partial charge on any atom is 0.234 e. The fourth-order valence-corrected chi connectivity index (χ4v) is 2.04. The van der Waals surface area contributed by atoms with E-state index in [0.717, 1.165) is 13.1 Å². The normalized spacial score (nSPS) is 29.5. The molecule has 13 heavy (non-hydrogen) atoms. The third kappa shape index (κ3) is 1.70. The van der Waals surface area contributed by atoms with Crippen LogP contribution in [0.1, 0.15) is 26.7 Å². The van der Waals surface area contributed by atoms with E-state index in [2.05, 4.69) is 24.1 Å². The molecule has 1 heterocycles. The van der Waals surface area contributed by atoms with Crippen LogP contribution in [0.5, 0.6) is 0 Å². The van der Waals surface area contributed by atoms with Crippen molar-refractivity contribution in [2.24, 2.45) is 5.41 Å². The molecule has 1 N–H and O–H groups in total. The quantitative estimate of drug-likeness (QED) is 0.678. The lowest BCUT2D eigenvalue weighted by atomic mass is 9.98. The standard InChI is InChI=1S/C10H18N2O/c1-8(10(2)3-4-10)12-6-5-11-9(13)7-12/h8H,3-7H2,1-2H3,(H,11,13). The molecule has 1 amide bonds. The van der Waals surface area contributed by atoms with Gasteiger partial charge >= 0.3 is 0 Å². The minimum Gasteiger partial charge on any atom is -0.354 e. The van der Waals surface area contributed by atoms with Crippen LogP contribution in [-0.4, -0.2) is 36.5 Å². The van der Waals surface area contributed by atoms with E-state index in [9.17, 15) is 4.79 Å². The molecule has 1 saturated heterocycles. The van der Waals surface area contributed by atoms with Gasteiger partial charge in [0.1, 0.15) is 0 Å². The molecular formula is C10H18N2O. The van der Waals surface area contributed by atoms with Crippen molar-refractivity contribution in [3.63, 3.8) is 0 Å². The molecule has 0 bridgehead atoms. The monoisotopic (exact) mass is 182 g/mol.